The van der Waals surface area contributed by atoms with Crippen molar-refractivity contribution in [3.8, 4) is 0 Å². The number of aliphatic hydroxyl groups excluding tert-OH is 1. The first kappa shape index (κ1) is 12.7. The molecule has 2 N–H and O–H groups in total. The maximum absolute atomic E-state index is 9.54. The van der Waals surface area contributed by atoms with E-state index in [-0.39, 0.29) is 6.10 Å². The van der Waals surface area contributed by atoms with E-state index < -0.39 is 0 Å². The van der Waals surface area contributed by atoms with Crippen LogP contribution >= 0.6 is 11.3 Å². The zero-order chi connectivity index (χ0) is 12.3. The van der Waals surface area contributed by atoms with Gasteiger partial charge in [-0.3, -0.25) is 4.90 Å². The third kappa shape index (κ3) is 3.37. The maximum atomic E-state index is 9.54. The summed E-state index contributed by atoms with van der Waals surface area (Å²) in [6, 6.07) is 0. The molecule has 1 aromatic rings. The number of anilines is 1. The van der Waals surface area contributed by atoms with Crippen molar-refractivity contribution in [3.63, 3.8) is 0 Å². The number of rotatable bonds is 4. The van der Waals surface area contributed by atoms with Crippen LogP contribution in [0.15, 0.2) is 0 Å². The van der Waals surface area contributed by atoms with Crippen molar-refractivity contribution in [3.05, 3.63) is 5.01 Å². The molecule has 1 aliphatic rings. The number of hydrogen-bond donors (Lipinski definition) is 2. The van der Waals surface area contributed by atoms with Gasteiger partial charge in [-0.2, -0.15) is 0 Å². The first-order chi connectivity index (χ1) is 8.19. The van der Waals surface area contributed by atoms with Crippen LogP contribution in [0.5, 0.6) is 0 Å². The molecule has 0 amide bonds. The molecule has 5 nitrogen and oxygen atoms in total. The van der Waals surface area contributed by atoms with E-state index in [0.29, 0.717) is 5.92 Å². The quantitative estimate of drug-likeness (QED) is 0.847. The molecule has 0 bridgehead atoms. The van der Waals surface area contributed by atoms with E-state index in [1.54, 1.807) is 11.3 Å². The zero-order valence-corrected chi connectivity index (χ0v) is 11.2. The summed E-state index contributed by atoms with van der Waals surface area (Å²) in [4.78, 5) is 2.39. The van der Waals surface area contributed by atoms with Crippen molar-refractivity contribution in [2.45, 2.75) is 32.4 Å². The largest absolute Gasteiger partial charge is 0.393 e. The van der Waals surface area contributed by atoms with Crippen LogP contribution in [0, 0.1) is 5.92 Å². The molecule has 1 atom stereocenters. The fourth-order valence-corrected chi connectivity index (χ4v) is 2.94. The maximum Gasteiger partial charge on any atom is 0.205 e. The highest BCUT2D eigenvalue weighted by Gasteiger charge is 2.23. The number of piperidine rings is 1. The first-order valence-electron chi connectivity index (χ1n) is 6.09. The molecule has 1 saturated heterocycles. The van der Waals surface area contributed by atoms with E-state index in [1.165, 1.54) is 0 Å². The molecular formula is C11H20N4OS. The summed E-state index contributed by atoms with van der Waals surface area (Å²) in [5.74, 6) is 0.466. The minimum absolute atomic E-state index is 0.172. The van der Waals surface area contributed by atoms with Gasteiger partial charge in [0.15, 0.2) is 0 Å². The Kier molecular flexibility index (Phi) is 4.31. The summed E-state index contributed by atoms with van der Waals surface area (Å²) in [6.07, 6.45) is 1.99. The zero-order valence-electron chi connectivity index (χ0n) is 10.4. The van der Waals surface area contributed by atoms with Gasteiger partial charge >= 0.3 is 0 Å². The third-order valence-electron chi connectivity index (χ3n) is 3.35. The average molecular weight is 256 g/mol. The Bertz CT molecular complexity index is 347. The van der Waals surface area contributed by atoms with E-state index in [4.69, 9.17) is 0 Å². The van der Waals surface area contributed by atoms with Crippen molar-refractivity contribution in [1.29, 1.82) is 0 Å². The van der Waals surface area contributed by atoms with E-state index in [1.807, 2.05) is 14.0 Å². The van der Waals surface area contributed by atoms with Crippen LogP contribution in [0.1, 0.15) is 24.8 Å². The van der Waals surface area contributed by atoms with E-state index in [0.717, 1.165) is 42.6 Å². The van der Waals surface area contributed by atoms with Crippen LogP contribution in [-0.4, -0.2) is 46.4 Å². The van der Waals surface area contributed by atoms with Gasteiger partial charge in [-0.1, -0.05) is 11.3 Å². The van der Waals surface area contributed by atoms with Gasteiger partial charge in [0.2, 0.25) is 5.13 Å². The Morgan fingerprint density at radius 1 is 1.47 bits per heavy atom. The van der Waals surface area contributed by atoms with Crippen molar-refractivity contribution in [1.82, 2.24) is 15.1 Å². The Morgan fingerprint density at radius 3 is 2.71 bits per heavy atom. The van der Waals surface area contributed by atoms with Gasteiger partial charge < -0.3 is 10.4 Å². The van der Waals surface area contributed by atoms with Crippen molar-refractivity contribution < 1.29 is 5.11 Å². The molecule has 0 aliphatic carbocycles. The molecule has 1 fully saturated rings. The summed E-state index contributed by atoms with van der Waals surface area (Å²) in [5.41, 5.74) is 0. The predicted octanol–water partition coefficient (Wildman–Crippen LogP) is 1.17. The smallest absolute Gasteiger partial charge is 0.205 e. The monoisotopic (exact) mass is 256 g/mol. The second kappa shape index (κ2) is 5.75. The van der Waals surface area contributed by atoms with Gasteiger partial charge in [-0.25, -0.2) is 0 Å². The molecule has 0 aromatic carbocycles. The van der Waals surface area contributed by atoms with Crippen molar-refractivity contribution >= 4 is 16.5 Å². The van der Waals surface area contributed by atoms with Crippen molar-refractivity contribution in [2.75, 3.05) is 25.5 Å². The SMILES string of the molecule is CNc1nnc(CN2CCC(C(C)O)CC2)s1. The van der Waals surface area contributed by atoms with Crippen LogP contribution in [0.25, 0.3) is 0 Å². The van der Waals surface area contributed by atoms with E-state index in [9.17, 15) is 5.11 Å². The summed E-state index contributed by atoms with van der Waals surface area (Å²) < 4.78 is 0. The number of likely N-dealkylation sites (tertiary alicyclic amines) is 1. The van der Waals surface area contributed by atoms with Gasteiger partial charge in [0.25, 0.3) is 0 Å². The molecule has 2 heterocycles. The molecule has 0 spiro atoms. The summed E-state index contributed by atoms with van der Waals surface area (Å²) in [5, 5.41) is 22.7. The summed E-state index contributed by atoms with van der Waals surface area (Å²) in [7, 11) is 1.86. The summed E-state index contributed by atoms with van der Waals surface area (Å²) in [6.45, 7) is 4.87. The topological polar surface area (TPSA) is 61.3 Å². The number of aliphatic hydroxyl groups is 1. The highest BCUT2D eigenvalue weighted by molar-refractivity contribution is 7.15. The normalized spacial score (nSPS) is 20.4. The number of hydrogen-bond acceptors (Lipinski definition) is 6. The number of aromatic nitrogens is 2. The molecule has 0 saturated carbocycles. The number of nitrogens with zero attached hydrogens (tertiary/aromatic N) is 3. The molecule has 6 heteroatoms. The minimum atomic E-state index is -0.172. The highest BCUT2D eigenvalue weighted by atomic mass is 32.1. The van der Waals surface area contributed by atoms with Gasteiger partial charge in [0.1, 0.15) is 5.01 Å². The van der Waals surface area contributed by atoms with Crippen LogP contribution in [0.4, 0.5) is 5.13 Å². The lowest BCUT2D eigenvalue weighted by Gasteiger charge is -2.32. The van der Waals surface area contributed by atoms with Gasteiger partial charge in [-0.15, -0.1) is 10.2 Å². The van der Waals surface area contributed by atoms with E-state index in [2.05, 4.69) is 20.4 Å². The average Bonchev–Trinajstić information content (AvgIpc) is 2.77. The van der Waals surface area contributed by atoms with Gasteiger partial charge in [0, 0.05) is 7.05 Å². The number of nitrogens with one attached hydrogen (secondary N) is 1. The highest BCUT2D eigenvalue weighted by Crippen LogP contribution is 2.23. The summed E-state index contributed by atoms with van der Waals surface area (Å²) >= 11 is 1.61. The molecule has 2 rings (SSSR count). The Balaban J connectivity index is 1.81. The Hall–Kier alpha value is -0.720. The standard InChI is InChI=1S/C11H20N4OS/c1-8(16)9-3-5-15(6-4-9)7-10-13-14-11(12-2)17-10/h8-9,16H,3-7H2,1-2H3,(H,12,14). The molecule has 0 radical (unpaired) electrons. The van der Waals surface area contributed by atoms with Crippen LogP contribution < -0.4 is 5.32 Å². The fourth-order valence-electron chi connectivity index (χ4n) is 2.20. The lowest BCUT2D eigenvalue weighted by atomic mass is 9.92. The van der Waals surface area contributed by atoms with Crippen LogP contribution in [0.2, 0.25) is 0 Å². The Morgan fingerprint density at radius 2 is 2.18 bits per heavy atom. The second-order valence-electron chi connectivity index (χ2n) is 4.61. The van der Waals surface area contributed by atoms with Gasteiger partial charge in [-0.05, 0) is 38.8 Å². The first-order valence-corrected chi connectivity index (χ1v) is 6.91. The van der Waals surface area contributed by atoms with Gasteiger partial charge in [0.05, 0.1) is 12.6 Å². The lowest BCUT2D eigenvalue weighted by molar-refractivity contribution is 0.0694. The molecule has 96 valence electrons. The van der Waals surface area contributed by atoms with E-state index >= 15 is 0 Å². The van der Waals surface area contributed by atoms with Crippen molar-refractivity contribution in [2.24, 2.45) is 5.92 Å². The molecule has 1 aromatic heterocycles. The van der Waals surface area contributed by atoms with Crippen LogP contribution in [0.3, 0.4) is 0 Å². The third-order valence-corrected chi connectivity index (χ3v) is 4.28. The molecule has 1 unspecified atom stereocenters. The molecule has 1 aliphatic heterocycles. The van der Waals surface area contributed by atoms with Crippen LogP contribution in [-0.2, 0) is 6.54 Å². The predicted molar refractivity (Wildman–Crippen MR) is 69.1 cm³/mol. The molecular weight excluding hydrogens is 236 g/mol. The molecule has 17 heavy (non-hydrogen) atoms. The Labute approximate surface area is 106 Å². The fraction of sp³-hybridized carbons (Fsp3) is 0.818. The second-order valence-corrected chi connectivity index (χ2v) is 5.67. The minimum Gasteiger partial charge on any atom is -0.393 e. The lowest BCUT2D eigenvalue weighted by Crippen LogP contribution is -2.36.